The van der Waals surface area contributed by atoms with Gasteiger partial charge in [0.2, 0.25) is 0 Å². The van der Waals surface area contributed by atoms with E-state index in [0.29, 0.717) is 11.3 Å². The van der Waals surface area contributed by atoms with Gasteiger partial charge in [0.1, 0.15) is 5.82 Å². The third-order valence-corrected chi connectivity index (χ3v) is 7.97. The SMILES string of the molecule is CCNC(=NCc1ccc(N2CCOC(C)C2)nc1)N1CCSC2(CCCCC2)C1.I. The second-order valence-electron chi connectivity index (χ2n) is 8.84. The Bertz CT molecular complexity index is 705. The quantitative estimate of drug-likeness (QED) is 0.340. The van der Waals surface area contributed by atoms with Crippen molar-refractivity contribution in [3.63, 3.8) is 0 Å². The predicted octanol–water partition coefficient (Wildman–Crippen LogP) is 4.14. The second kappa shape index (κ2) is 11.9. The van der Waals surface area contributed by atoms with Crippen molar-refractivity contribution >= 4 is 47.5 Å². The van der Waals surface area contributed by atoms with Crippen LogP contribution in [0, 0.1) is 0 Å². The zero-order chi connectivity index (χ0) is 20.8. The van der Waals surface area contributed by atoms with Crippen molar-refractivity contribution < 1.29 is 4.74 Å². The Kier molecular flexibility index (Phi) is 9.58. The van der Waals surface area contributed by atoms with Gasteiger partial charge in [-0.05, 0) is 38.3 Å². The normalized spacial score (nSPS) is 24.1. The van der Waals surface area contributed by atoms with Gasteiger partial charge in [-0.2, -0.15) is 11.8 Å². The number of morpholine rings is 1. The molecule has 2 saturated heterocycles. The van der Waals surface area contributed by atoms with E-state index in [1.54, 1.807) is 0 Å². The standard InChI is InChI=1S/C23H37N5OS.HI/c1-3-24-22(28-12-14-30-23(18-28)9-5-4-6-10-23)26-16-20-7-8-21(25-15-20)27-11-13-29-19(2)17-27;/h7-8,15,19H,3-6,9-14,16-18H2,1-2H3,(H,24,26);1H. The molecule has 3 heterocycles. The minimum Gasteiger partial charge on any atom is -0.375 e. The minimum absolute atomic E-state index is 0. The smallest absolute Gasteiger partial charge is 0.194 e. The zero-order valence-corrected chi connectivity index (χ0v) is 22.2. The van der Waals surface area contributed by atoms with E-state index in [4.69, 9.17) is 14.7 Å². The van der Waals surface area contributed by atoms with Gasteiger partial charge in [-0.15, -0.1) is 24.0 Å². The van der Waals surface area contributed by atoms with Crippen LogP contribution in [0.3, 0.4) is 0 Å². The van der Waals surface area contributed by atoms with Crippen LogP contribution in [0.1, 0.15) is 51.5 Å². The van der Waals surface area contributed by atoms with Gasteiger partial charge in [-0.1, -0.05) is 25.3 Å². The summed E-state index contributed by atoms with van der Waals surface area (Å²) in [6.45, 7) is 10.7. The Morgan fingerprint density at radius 1 is 1.29 bits per heavy atom. The summed E-state index contributed by atoms with van der Waals surface area (Å²) < 4.78 is 6.09. The molecule has 1 aliphatic carbocycles. The highest BCUT2D eigenvalue weighted by atomic mass is 127. The maximum atomic E-state index is 5.64. The van der Waals surface area contributed by atoms with Crippen LogP contribution in [-0.2, 0) is 11.3 Å². The molecule has 1 atom stereocenters. The van der Waals surface area contributed by atoms with Crippen LogP contribution in [0.4, 0.5) is 5.82 Å². The first-order chi connectivity index (χ1) is 14.7. The fourth-order valence-corrected chi connectivity index (χ4v) is 6.41. The van der Waals surface area contributed by atoms with Gasteiger partial charge in [0.15, 0.2) is 5.96 Å². The lowest BCUT2D eigenvalue weighted by molar-refractivity contribution is 0.0529. The maximum Gasteiger partial charge on any atom is 0.194 e. The molecule has 1 aromatic rings. The highest BCUT2D eigenvalue weighted by molar-refractivity contribution is 14.0. The van der Waals surface area contributed by atoms with Crippen LogP contribution >= 0.6 is 35.7 Å². The van der Waals surface area contributed by atoms with Crippen LogP contribution in [0.15, 0.2) is 23.3 Å². The Morgan fingerprint density at radius 2 is 2.13 bits per heavy atom. The van der Waals surface area contributed by atoms with Crippen LogP contribution in [-0.4, -0.2) is 71.8 Å². The molecule has 0 radical (unpaired) electrons. The van der Waals surface area contributed by atoms with Gasteiger partial charge in [0, 0.05) is 49.4 Å². The molecule has 0 aromatic carbocycles. The molecule has 3 fully saturated rings. The number of nitrogens with one attached hydrogen (secondary N) is 1. The summed E-state index contributed by atoms with van der Waals surface area (Å²) in [7, 11) is 0. The molecule has 0 amide bonds. The number of guanidine groups is 1. The third-order valence-electron chi connectivity index (χ3n) is 6.43. The summed E-state index contributed by atoms with van der Waals surface area (Å²) in [4.78, 5) is 14.5. The molecular formula is C23H38IN5OS. The van der Waals surface area contributed by atoms with Crippen LogP contribution in [0.25, 0.3) is 0 Å². The molecule has 1 saturated carbocycles. The molecule has 4 rings (SSSR count). The molecule has 1 aromatic heterocycles. The average Bonchev–Trinajstić information content (AvgIpc) is 2.77. The first-order valence-corrected chi connectivity index (χ1v) is 12.6. The number of hydrogen-bond donors (Lipinski definition) is 1. The number of hydrogen-bond acceptors (Lipinski definition) is 5. The molecule has 8 heteroatoms. The van der Waals surface area contributed by atoms with Crippen LogP contribution < -0.4 is 10.2 Å². The van der Waals surface area contributed by atoms with E-state index < -0.39 is 0 Å². The number of halogens is 1. The van der Waals surface area contributed by atoms with Crippen molar-refractivity contribution in [1.82, 2.24) is 15.2 Å². The minimum atomic E-state index is 0. The Hall–Kier alpha value is -0.740. The number of aromatic nitrogens is 1. The fourth-order valence-electron chi connectivity index (χ4n) is 4.84. The summed E-state index contributed by atoms with van der Waals surface area (Å²) in [5.41, 5.74) is 1.16. The summed E-state index contributed by atoms with van der Waals surface area (Å²) in [5, 5.41) is 3.54. The van der Waals surface area contributed by atoms with E-state index in [0.717, 1.165) is 56.7 Å². The Labute approximate surface area is 209 Å². The number of pyridine rings is 1. The van der Waals surface area contributed by atoms with Crippen molar-refractivity contribution in [3.8, 4) is 0 Å². The van der Waals surface area contributed by atoms with Gasteiger partial charge in [-0.25, -0.2) is 9.98 Å². The summed E-state index contributed by atoms with van der Waals surface area (Å²) in [6, 6.07) is 4.30. The van der Waals surface area contributed by atoms with Crippen molar-refractivity contribution in [2.75, 3.05) is 50.0 Å². The molecule has 31 heavy (non-hydrogen) atoms. The molecule has 1 unspecified atom stereocenters. The van der Waals surface area contributed by atoms with Gasteiger partial charge in [0.05, 0.1) is 19.3 Å². The topological polar surface area (TPSA) is 53.0 Å². The van der Waals surface area contributed by atoms with Crippen LogP contribution in [0.2, 0.25) is 0 Å². The molecule has 2 aliphatic heterocycles. The molecule has 6 nitrogen and oxygen atoms in total. The van der Waals surface area contributed by atoms with Gasteiger partial charge >= 0.3 is 0 Å². The maximum absolute atomic E-state index is 5.64. The van der Waals surface area contributed by atoms with E-state index in [1.807, 2.05) is 6.20 Å². The second-order valence-corrected chi connectivity index (χ2v) is 10.4. The van der Waals surface area contributed by atoms with Crippen LogP contribution in [0.5, 0.6) is 0 Å². The number of ether oxygens (including phenoxy) is 1. The van der Waals surface area contributed by atoms with E-state index in [2.05, 4.69) is 52.9 Å². The van der Waals surface area contributed by atoms with Crippen molar-refractivity contribution in [1.29, 1.82) is 0 Å². The van der Waals surface area contributed by atoms with Gasteiger partial charge in [-0.3, -0.25) is 0 Å². The van der Waals surface area contributed by atoms with E-state index in [-0.39, 0.29) is 30.1 Å². The fraction of sp³-hybridized carbons (Fsp3) is 0.739. The zero-order valence-electron chi connectivity index (χ0n) is 19.0. The predicted molar refractivity (Wildman–Crippen MR) is 142 cm³/mol. The van der Waals surface area contributed by atoms with E-state index in [1.165, 1.54) is 37.9 Å². The summed E-state index contributed by atoms with van der Waals surface area (Å²) in [6.07, 6.45) is 9.14. The number of aliphatic imine (C=N–C) groups is 1. The van der Waals surface area contributed by atoms with Crippen molar-refractivity contribution in [2.45, 2.75) is 63.3 Å². The monoisotopic (exact) mass is 559 g/mol. The third kappa shape index (κ3) is 6.63. The largest absolute Gasteiger partial charge is 0.375 e. The first kappa shape index (κ1) is 24.9. The Balaban J connectivity index is 0.00000272. The molecule has 1 N–H and O–H groups in total. The molecular weight excluding hydrogens is 521 g/mol. The number of nitrogens with zero attached hydrogens (tertiary/aromatic N) is 4. The molecule has 174 valence electrons. The first-order valence-electron chi connectivity index (χ1n) is 11.7. The van der Waals surface area contributed by atoms with Gasteiger partial charge in [0.25, 0.3) is 0 Å². The molecule has 1 spiro atoms. The van der Waals surface area contributed by atoms with Gasteiger partial charge < -0.3 is 19.9 Å². The van der Waals surface area contributed by atoms with E-state index >= 15 is 0 Å². The molecule has 0 bridgehead atoms. The number of anilines is 1. The number of thioether (sulfide) groups is 1. The summed E-state index contributed by atoms with van der Waals surface area (Å²) >= 11 is 2.21. The molecule has 3 aliphatic rings. The van der Waals surface area contributed by atoms with Crippen molar-refractivity contribution in [3.05, 3.63) is 23.9 Å². The summed E-state index contributed by atoms with van der Waals surface area (Å²) in [5.74, 6) is 3.31. The van der Waals surface area contributed by atoms with E-state index in [9.17, 15) is 0 Å². The highest BCUT2D eigenvalue weighted by Crippen LogP contribution is 2.42. The average molecular weight is 560 g/mol. The lowest BCUT2D eigenvalue weighted by Crippen LogP contribution is -2.53. The van der Waals surface area contributed by atoms with Crippen molar-refractivity contribution in [2.24, 2.45) is 4.99 Å². The number of rotatable bonds is 4. The lowest BCUT2D eigenvalue weighted by atomic mass is 9.87. The lowest BCUT2D eigenvalue weighted by Gasteiger charge is -2.45. The Morgan fingerprint density at radius 3 is 2.84 bits per heavy atom. The highest BCUT2D eigenvalue weighted by Gasteiger charge is 2.38.